The zero-order chi connectivity index (χ0) is 23.8. The van der Waals surface area contributed by atoms with Crippen LogP contribution >= 0.6 is 0 Å². The van der Waals surface area contributed by atoms with Crippen molar-refractivity contribution >= 4 is 16.8 Å². The second-order valence-corrected chi connectivity index (χ2v) is 9.77. The maximum absolute atomic E-state index is 13.3. The molecule has 0 radical (unpaired) electrons. The number of hydrogen-bond acceptors (Lipinski definition) is 5. The molecule has 1 aliphatic heterocycles. The predicted molar refractivity (Wildman–Crippen MR) is 130 cm³/mol. The predicted octanol–water partition coefficient (Wildman–Crippen LogP) is 3.64. The Morgan fingerprint density at radius 3 is 2.91 bits per heavy atom. The maximum atomic E-state index is 13.3. The summed E-state index contributed by atoms with van der Waals surface area (Å²) in [5.41, 5.74) is 5.48. The lowest BCUT2D eigenvalue weighted by Crippen LogP contribution is -2.46. The van der Waals surface area contributed by atoms with Gasteiger partial charge in [-0.1, -0.05) is 31.1 Å². The summed E-state index contributed by atoms with van der Waals surface area (Å²) in [7, 11) is 1.93. The fraction of sp³-hybridized carbons (Fsp3) is 0.423. The van der Waals surface area contributed by atoms with E-state index in [1.165, 1.54) is 22.0 Å². The normalized spacial score (nSPS) is 17.9. The van der Waals surface area contributed by atoms with Crippen LogP contribution in [-0.2, 0) is 31.4 Å². The van der Waals surface area contributed by atoms with Gasteiger partial charge in [0.15, 0.2) is 0 Å². The van der Waals surface area contributed by atoms with Gasteiger partial charge in [-0.05, 0) is 42.9 Å². The fourth-order valence-electron chi connectivity index (χ4n) is 5.01. The van der Waals surface area contributed by atoms with Crippen LogP contribution in [-0.4, -0.2) is 31.2 Å². The van der Waals surface area contributed by atoms with Crippen molar-refractivity contribution in [1.29, 1.82) is 0 Å². The van der Waals surface area contributed by atoms with Crippen molar-refractivity contribution in [1.82, 2.24) is 29.9 Å². The Bertz CT molecular complexity index is 1310. The maximum Gasteiger partial charge on any atom is 0.237 e. The highest BCUT2D eigenvalue weighted by Gasteiger charge is 2.31. The van der Waals surface area contributed by atoms with Crippen molar-refractivity contribution in [3.05, 3.63) is 71.3 Å². The van der Waals surface area contributed by atoms with Crippen molar-refractivity contribution < 1.29 is 9.32 Å². The van der Waals surface area contributed by atoms with Gasteiger partial charge in [-0.15, -0.1) is 0 Å². The largest absolute Gasteiger partial charge is 0.361 e. The molecule has 178 valence electrons. The number of imidazole rings is 1. The second kappa shape index (κ2) is 9.10. The van der Waals surface area contributed by atoms with Gasteiger partial charge in [-0.3, -0.25) is 10.1 Å². The first-order valence-electron chi connectivity index (χ1n) is 11.9. The number of carbonyl (C=O) groups is 1. The number of aryl methyl sites for hydroxylation is 2. The number of hydrogen-bond donors (Lipinski definition) is 2. The molecule has 1 amide bonds. The highest BCUT2D eigenvalue weighted by Crippen LogP contribution is 2.36. The van der Waals surface area contributed by atoms with Gasteiger partial charge in [0, 0.05) is 42.5 Å². The summed E-state index contributed by atoms with van der Waals surface area (Å²) < 4.78 is 9.43. The summed E-state index contributed by atoms with van der Waals surface area (Å²) in [6.07, 6.45) is 7.30. The van der Waals surface area contributed by atoms with E-state index >= 15 is 0 Å². The van der Waals surface area contributed by atoms with Gasteiger partial charge < -0.3 is 19.0 Å². The molecule has 34 heavy (non-hydrogen) atoms. The fourth-order valence-corrected chi connectivity index (χ4v) is 5.01. The molecule has 0 bridgehead atoms. The number of amides is 1. The summed E-state index contributed by atoms with van der Waals surface area (Å²) in [6.45, 7) is 7.45. The Morgan fingerprint density at radius 1 is 1.35 bits per heavy atom. The molecule has 1 aliphatic rings. The summed E-state index contributed by atoms with van der Waals surface area (Å²) >= 11 is 0. The van der Waals surface area contributed by atoms with Gasteiger partial charge in [0.25, 0.3) is 0 Å². The molecule has 8 nitrogen and oxygen atoms in total. The molecule has 4 aromatic rings. The van der Waals surface area contributed by atoms with E-state index in [0.29, 0.717) is 25.4 Å². The Kier molecular flexibility index (Phi) is 6.00. The Morgan fingerprint density at radius 2 is 2.21 bits per heavy atom. The van der Waals surface area contributed by atoms with E-state index < -0.39 is 0 Å². The van der Waals surface area contributed by atoms with Crippen LogP contribution in [0.1, 0.15) is 54.6 Å². The molecule has 2 N–H and O–H groups in total. The van der Waals surface area contributed by atoms with E-state index in [2.05, 4.69) is 63.6 Å². The lowest BCUT2D eigenvalue weighted by atomic mass is 9.94. The van der Waals surface area contributed by atoms with Crippen LogP contribution in [0.4, 0.5) is 0 Å². The molecule has 0 saturated heterocycles. The number of nitrogens with zero attached hydrogens (tertiary/aromatic N) is 4. The standard InChI is InChI=1S/C26H32N6O2/c1-16(2)8-22-21-6-5-7-24-25(21)18(13-32(24)14-19-9-17(3)34-30-19)10-23(29-22)26(33)28-12-20-11-27-15-31(20)4/h5-7,9,11,13,15-16,22-23,29H,8,10,12,14H2,1-4H3,(H,28,33)/t22-,23-/m0/s1. The molecule has 3 aromatic heterocycles. The highest BCUT2D eigenvalue weighted by atomic mass is 16.5. The van der Waals surface area contributed by atoms with E-state index in [1.807, 2.05) is 24.6 Å². The number of carbonyl (C=O) groups excluding carboxylic acids is 1. The smallest absolute Gasteiger partial charge is 0.237 e. The van der Waals surface area contributed by atoms with Crippen LogP contribution < -0.4 is 10.6 Å². The third kappa shape index (κ3) is 4.37. The van der Waals surface area contributed by atoms with Gasteiger partial charge in [0.1, 0.15) is 11.5 Å². The summed E-state index contributed by atoms with van der Waals surface area (Å²) in [4.78, 5) is 17.5. The molecule has 0 spiro atoms. The average molecular weight is 461 g/mol. The third-order valence-corrected chi connectivity index (χ3v) is 6.61. The van der Waals surface area contributed by atoms with Gasteiger partial charge in [0.2, 0.25) is 5.91 Å². The van der Waals surface area contributed by atoms with Gasteiger partial charge in [0.05, 0.1) is 31.2 Å². The SMILES string of the molecule is Cc1cc(Cn2cc3c4c(cccc42)[C@H](CC(C)C)N[C@H](C(=O)NCc2cncn2C)C3)no1. The lowest BCUT2D eigenvalue weighted by molar-refractivity contribution is -0.123. The first-order valence-corrected chi connectivity index (χ1v) is 11.9. The molecule has 4 heterocycles. The van der Waals surface area contributed by atoms with Crippen LogP contribution in [0.2, 0.25) is 0 Å². The molecule has 0 aliphatic carbocycles. The van der Waals surface area contributed by atoms with Crippen LogP contribution in [0, 0.1) is 12.8 Å². The topological polar surface area (TPSA) is 89.9 Å². The zero-order valence-corrected chi connectivity index (χ0v) is 20.2. The summed E-state index contributed by atoms with van der Waals surface area (Å²) in [5, 5.41) is 12.2. The Hall–Kier alpha value is -3.39. The highest BCUT2D eigenvalue weighted by molar-refractivity contribution is 5.90. The molecule has 5 rings (SSSR count). The summed E-state index contributed by atoms with van der Waals surface area (Å²) in [6, 6.07) is 8.22. The first-order chi connectivity index (χ1) is 16.4. The molecule has 0 saturated carbocycles. The molecule has 1 aromatic carbocycles. The molecule has 2 atom stereocenters. The van der Waals surface area contributed by atoms with E-state index in [1.54, 1.807) is 12.5 Å². The van der Waals surface area contributed by atoms with E-state index in [9.17, 15) is 4.79 Å². The van der Waals surface area contributed by atoms with Crippen molar-refractivity contribution in [3.63, 3.8) is 0 Å². The molecule has 0 unspecified atom stereocenters. The van der Waals surface area contributed by atoms with Crippen LogP contribution in [0.15, 0.2) is 47.5 Å². The minimum atomic E-state index is -0.322. The van der Waals surface area contributed by atoms with Crippen molar-refractivity contribution in [2.75, 3.05) is 0 Å². The molecule has 0 fully saturated rings. The Labute approximate surface area is 199 Å². The molecular weight excluding hydrogens is 428 g/mol. The van der Waals surface area contributed by atoms with E-state index in [-0.39, 0.29) is 18.0 Å². The molecular formula is C26H32N6O2. The van der Waals surface area contributed by atoms with Gasteiger partial charge >= 0.3 is 0 Å². The first kappa shape index (κ1) is 22.4. The monoisotopic (exact) mass is 460 g/mol. The minimum absolute atomic E-state index is 0.00999. The number of aromatic nitrogens is 4. The number of rotatable bonds is 7. The average Bonchev–Trinajstić information content (AvgIpc) is 3.47. The van der Waals surface area contributed by atoms with Crippen LogP contribution in [0.5, 0.6) is 0 Å². The van der Waals surface area contributed by atoms with Crippen molar-refractivity contribution in [3.8, 4) is 0 Å². The van der Waals surface area contributed by atoms with Crippen LogP contribution in [0.25, 0.3) is 10.9 Å². The van der Waals surface area contributed by atoms with E-state index in [4.69, 9.17) is 4.52 Å². The Balaban J connectivity index is 1.48. The van der Waals surface area contributed by atoms with E-state index in [0.717, 1.165) is 23.6 Å². The summed E-state index contributed by atoms with van der Waals surface area (Å²) in [5.74, 6) is 1.31. The zero-order valence-electron chi connectivity index (χ0n) is 20.2. The van der Waals surface area contributed by atoms with Gasteiger partial charge in [-0.2, -0.15) is 0 Å². The van der Waals surface area contributed by atoms with Gasteiger partial charge in [-0.25, -0.2) is 4.98 Å². The second-order valence-electron chi connectivity index (χ2n) is 9.77. The van der Waals surface area contributed by atoms with Crippen molar-refractivity contribution in [2.45, 2.75) is 58.8 Å². The molecule has 8 heteroatoms. The lowest BCUT2D eigenvalue weighted by Gasteiger charge is -2.25. The third-order valence-electron chi connectivity index (χ3n) is 6.61. The number of nitrogens with one attached hydrogen (secondary N) is 2. The minimum Gasteiger partial charge on any atom is -0.361 e. The quantitative estimate of drug-likeness (QED) is 0.440. The van der Waals surface area contributed by atoms with Crippen molar-refractivity contribution in [2.24, 2.45) is 13.0 Å². The van der Waals surface area contributed by atoms with Crippen LogP contribution in [0.3, 0.4) is 0 Å². The number of benzene rings is 1.